The van der Waals surface area contributed by atoms with E-state index in [4.69, 9.17) is 10.5 Å². The first-order valence-electron chi connectivity index (χ1n) is 8.83. The van der Waals surface area contributed by atoms with E-state index in [9.17, 15) is 14.4 Å². The van der Waals surface area contributed by atoms with Gasteiger partial charge in [-0.05, 0) is 43.3 Å². The number of carbonyl (C=O) groups excluding carboxylic acids is 3. The molecule has 0 unspecified atom stereocenters. The molecule has 2 aromatic rings. The Morgan fingerprint density at radius 2 is 1.71 bits per heavy atom. The van der Waals surface area contributed by atoms with Gasteiger partial charge >= 0.3 is 6.03 Å². The van der Waals surface area contributed by atoms with Crippen molar-refractivity contribution in [3.63, 3.8) is 0 Å². The number of primary amides is 1. The minimum Gasteiger partial charge on any atom is -0.495 e. The molecule has 0 saturated carbocycles. The van der Waals surface area contributed by atoms with Crippen molar-refractivity contribution in [2.45, 2.75) is 13.3 Å². The molecule has 0 heterocycles. The lowest BCUT2D eigenvalue weighted by Crippen LogP contribution is -2.37. The van der Waals surface area contributed by atoms with Gasteiger partial charge in [0.25, 0.3) is 0 Å². The van der Waals surface area contributed by atoms with Crippen molar-refractivity contribution in [3.05, 3.63) is 54.1 Å². The van der Waals surface area contributed by atoms with Gasteiger partial charge in [0.15, 0.2) is 0 Å². The van der Waals surface area contributed by atoms with Gasteiger partial charge in [-0.15, -0.1) is 0 Å². The van der Waals surface area contributed by atoms with Crippen LogP contribution in [0.3, 0.4) is 0 Å². The standard InChI is InChI=1S/C20H24N4O4/c1-3-24(20(27)23-16-6-4-5-7-17(16)28-2)13-12-18(25)22-15-10-8-14(9-11-15)19(21)26/h4-11H,3,12-13H2,1-2H3,(H2,21,26)(H,22,25)(H,23,27). The summed E-state index contributed by atoms with van der Waals surface area (Å²) < 4.78 is 5.22. The van der Waals surface area contributed by atoms with Crippen LogP contribution >= 0.6 is 0 Å². The van der Waals surface area contributed by atoms with Gasteiger partial charge in [-0.3, -0.25) is 9.59 Å². The molecule has 28 heavy (non-hydrogen) atoms. The van der Waals surface area contributed by atoms with Crippen LogP contribution in [0.4, 0.5) is 16.2 Å². The number of benzene rings is 2. The predicted octanol–water partition coefficient (Wildman–Crippen LogP) is 2.68. The van der Waals surface area contributed by atoms with E-state index >= 15 is 0 Å². The van der Waals surface area contributed by atoms with Crippen LogP contribution < -0.4 is 21.1 Å². The summed E-state index contributed by atoms with van der Waals surface area (Å²) >= 11 is 0. The Morgan fingerprint density at radius 1 is 1.04 bits per heavy atom. The maximum absolute atomic E-state index is 12.5. The van der Waals surface area contributed by atoms with E-state index in [1.54, 1.807) is 30.3 Å². The number of nitrogens with zero attached hydrogens (tertiary/aromatic N) is 1. The van der Waals surface area contributed by atoms with Gasteiger partial charge in [0, 0.05) is 30.8 Å². The summed E-state index contributed by atoms with van der Waals surface area (Å²) in [7, 11) is 1.53. The van der Waals surface area contributed by atoms with Gasteiger partial charge < -0.3 is 26.0 Å². The molecular weight excluding hydrogens is 360 g/mol. The van der Waals surface area contributed by atoms with Gasteiger partial charge in [-0.2, -0.15) is 0 Å². The molecule has 8 nitrogen and oxygen atoms in total. The Bertz CT molecular complexity index is 836. The van der Waals surface area contributed by atoms with E-state index < -0.39 is 5.91 Å². The van der Waals surface area contributed by atoms with Crippen molar-refractivity contribution in [1.82, 2.24) is 4.90 Å². The minimum absolute atomic E-state index is 0.130. The molecule has 0 radical (unpaired) electrons. The zero-order valence-electron chi connectivity index (χ0n) is 15.9. The summed E-state index contributed by atoms with van der Waals surface area (Å²) in [5, 5.41) is 5.51. The number of hydrogen-bond acceptors (Lipinski definition) is 4. The summed E-state index contributed by atoms with van der Waals surface area (Å²) in [4.78, 5) is 37.2. The third kappa shape index (κ3) is 5.73. The number of para-hydroxylation sites is 2. The predicted molar refractivity (Wildman–Crippen MR) is 107 cm³/mol. The number of urea groups is 1. The minimum atomic E-state index is -0.530. The van der Waals surface area contributed by atoms with E-state index in [2.05, 4.69) is 10.6 Å². The fourth-order valence-corrected chi connectivity index (χ4v) is 2.52. The van der Waals surface area contributed by atoms with E-state index in [0.717, 1.165) is 0 Å². The van der Waals surface area contributed by atoms with E-state index in [1.807, 2.05) is 13.0 Å². The number of nitrogens with two attached hydrogens (primary N) is 1. The van der Waals surface area contributed by atoms with Crippen molar-refractivity contribution >= 4 is 29.2 Å². The number of nitrogens with one attached hydrogen (secondary N) is 2. The molecule has 4 N–H and O–H groups in total. The van der Waals surface area contributed by atoms with Crippen LogP contribution in [0.15, 0.2) is 48.5 Å². The molecule has 0 aliphatic heterocycles. The van der Waals surface area contributed by atoms with Crippen LogP contribution in [0.5, 0.6) is 5.75 Å². The Morgan fingerprint density at radius 3 is 2.32 bits per heavy atom. The highest BCUT2D eigenvalue weighted by Gasteiger charge is 2.15. The van der Waals surface area contributed by atoms with Gasteiger partial charge in [-0.25, -0.2) is 4.79 Å². The van der Waals surface area contributed by atoms with E-state index in [1.165, 1.54) is 24.1 Å². The largest absolute Gasteiger partial charge is 0.495 e. The smallest absolute Gasteiger partial charge is 0.321 e. The zero-order valence-corrected chi connectivity index (χ0v) is 15.9. The molecule has 2 aromatic carbocycles. The molecule has 0 fully saturated rings. The van der Waals surface area contributed by atoms with Crippen LogP contribution in [0.2, 0.25) is 0 Å². The zero-order chi connectivity index (χ0) is 20.5. The summed E-state index contributed by atoms with van der Waals surface area (Å²) in [6.07, 6.45) is 0.130. The second kappa shape index (κ2) is 9.96. The molecule has 0 aromatic heterocycles. The highest BCUT2D eigenvalue weighted by molar-refractivity contribution is 5.95. The molecule has 8 heteroatoms. The van der Waals surface area contributed by atoms with Crippen molar-refractivity contribution in [2.24, 2.45) is 5.73 Å². The fraction of sp³-hybridized carbons (Fsp3) is 0.250. The second-order valence-corrected chi connectivity index (χ2v) is 5.95. The Kier molecular flexibility index (Phi) is 7.38. The number of anilines is 2. The van der Waals surface area contributed by atoms with Crippen molar-refractivity contribution in [3.8, 4) is 5.75 Å². The molecule has 148 valence electrons. The molecule has 0 aliphatic carbocycles. The van der Waals surface area contributed by atoms with Crippen molar-refractivity contribution < 1.29 is 19.1 Å². The molecule has 4 amide bonds. The van der Waals surface area contributed by atoms with Crippen LogP contribution in [0.1, 0.15) is 23.7 Å². The summed E-state index contributed by atoms with van der Waals surface area (Å²) in [5.41, 5.74) is 6.66. The fourth-order valence-electron chi connectivity index (χ4n) is 2.52. The molecule has 0 bridgehead atoms. The molecule has 0 atom stereocenters. The number of amides is 4. The average Bonchev–Trinajstić information content (AvgIpc) is 2.69. The summed E-state index contributed by atoms with van der Waals surface area (Å²) in [6, 6.07) is 13.1. The Balaban J connectivity index is 1.88. The molecule has 0 spiro atoms. The quantitative estimate of drug-likeness (QED) is 0.649. The third-order valence-corrected chi connectivity index (χ3v) is 4.08. The Hall–Kier alpha value is -3.55. The maximum atomic E-state index is 12.5. The highest BCUT2D eigenvalue weighted by atomic mass is 16.5. The monoisotopic (exact) mass is 384 g/mol. The van der Waals surface area contributed by atoms with Crippen LogP contribution in [0.25, 0.3) is 0 Å². The lowest BCUT2D eigenvalue weighted by molar-refractivity contribution is -0.116. The molecule has 0 saturated heterocycles. The number of carbonyl (C=O) groups is 3. The first-order chi connectivity index (χ1) is 13.4. The first kappa shape index (κ1) is 20.8. The number of methoxy groups -OCH3 is 1. The van der Waals surface area contributed by atoms with Gasteiger partial charge in [-0.1, -0.05) is 12.1 Å². The van der Waals surface area contributed by atoms with Gasteiger partial charge in [0.1, 0.15) is 5.75 Å². The second-order valence-electron chi connectivity index (χ2n) is 5.95. The van der Waals surface area contributed by atoms with Crippen molar-refractivity contribution in [1.29, 1.82) is 0 Å². The van der Waals surface area contributed by atoms with Gasteiger partial charge in [0.2, 0.25) is 11.8 Å². The average molecular weight is 384 g/mol. The number of rotatable bonds is 8. The SMILES string of the molecule is CCN(CCC(=O)Nc1ccc(C(N)=O)cc1)C(=O)Nc1ccccc1OC. The summed E-state index contributed by atoms with van der Waals surface area (Å²) in [5.74, 6) is -0.211. The highest BCUT2D eigenvalue weighted by Crippen LogP contribution is 2.23. The van der Waals surface area contributed by atoms with Crippen LogP contribution in [-0.4, -0.2) is 42.9 Å². The molecule has 0 aliphatic rings. The number of hydrogen-bond donors (Lipinski definition) is 3. The van der Waals surface area contributed by atoms with Crippen LogP contribution in [-0.2, 0) is 4.79 Å². The Labute approximate surface area is 163 Å². The molecule has 2 rings (SSSR count). The lowest BCUT2D eigenvalue weighted by Gasteiger charge is -2.22. The van der Waals surface area contributed by atoms with E-state index in [-0.39, 0.29) is 24.9 Å². The normalized spacial score (nSPS) is 10.1. The number of ether oxygens (including phenoxy) is 1. The maximum Gasteiger partial charge on any atom is 0.321 e. The van der Waals surface area contributed by atoms with Crippen molar-refractivity contribution in [2.75, 3.05) is 30.8 Å². The third-order valence-electron chi connectivity index (χ3n) is 4.08. The molecular formula is C20H24N4O4. The summed E-state index contributed by atoms with van der Waals surface area (Å²) in [6.45, 7) is 2.53. The van der Waals surface area contributed by atoms with E-state index in [0.29, 0.717) is 29.2 Å². The first-order valence-corrected chi connectivity index (χ1v) is 8.83. The van der Waals surface area contributed by atoms with Gasteiger partial charge in [0.05, 0.1) is 12.8 Å². The topological polar surface area (TPSA) is 114 Å². The lowest BCUT2D eigenvalue weighted by atomic mass is 10.2. The van der Waals surface area contributed by atoms with Crippen LogP contribution in [0, 0.1) is 0 Å².